The molecule has 106 valence electrons. The lowest BCUT2D eigenvalue weighted by molar-refractivity contribution is 0.427. The Morgan fingerprint density at radius 3 is 2.37 bits per heavy atom. The molecule has 1 aromatic rings. The fourth-order valence-electron chi connectivity index (χ4n) is 2.80. The zero-order chi connectivity index (χ0) is 14.3. The summed E-state index contributed by atoms with van der Waals surface area (Å²) in [6, 6.07) is 3.51. The van der Waals surface area contributed by atoms with E-state index in [9.17, 15) is 8.42 Å². The lowest BCUT2D eigenvalue weighted by Crippen LogP contribution is -2.43. The van der Waals surface area contributed by atoms with E-state index in [2.05, 4.69) is 4.72 Å². The summed E-state index contributed by atoms with van der Waals surface area (Å²) in [6.07, 6.45) is 3.91. The molecular weight excluding hydrogens is 260 g/mol. The number of anilines is 1. The topological polar surface area (TPSA) is 72.2 Å². The van der Waals surface area contributed by atoms with Gasteiger partial charge >= 0.3 is 0 Å². The fraction of sp³-hybridized carbons (Fsp3) is 0.571. The first-order valence-corrected chi connectivity index (χ1v) is 8.13. The minimum atomic E-state index is -3.56. The highest BCUT2D eigenvalue weighted by Crippen LogP contribution is 2.32. The van der Waals surface area contributed by atoms with E-state index in [0.29, 0.717) is 5.69 Å². The molecule has 0 heterocycles. The Kier molecular flexibility index (Phi) is 3.62. The molecule has 1 saturated carbocycles. The lowest BCUT2D eigenvalue weighted by atomic mass is 10.0. The van der Waals surface area contributed by atoms with Crippen molar-refractivity contribution in [3.63, 3.8) is 0 Å². The van der Waals surface area contributed by atoms with Crippen LogP contribution in [0, 0.1) is 13.8 Å². The van der Waals surface area contributed by atoms with Gasteiger partial charge in [0.1, 0.15) is 4.90 Å². The van der Waals surface area contributed by atoms with Gasteiger partial charge in [-0.25, -0.2) is 13.1 Å². The van der Waals surface area contributed by atoms with Gasteiger partial charge in [-0.2, -0.15) is 0 Å². The van der Waals surface area contributed by atoms with E-state index < -0.39 is 10.0 Å². The predicted molar refractivity (Wildman–Crippen MR) is 77.5 cm³/mol. The molecule has 0 spiro atoms. The van der Waals surface area contributed by atoms with E-state index in [1.807, 2.05) is 19.9 Å². The Morgan fingerprint density at radius 1 is 1.21 bits per heavy atom. The largest absolute Gasteiger partial charge is 0.398 e. The van der Waals surface area contributed by atoms with Crippen LogP contribution in [-0.2, 0) is 10.0 Å². The number of benzene rings is 1. The highest BCUT2D eigenvalue weighted by molar-refractivity contribution is 7.89. The summed E-state index contributed by atoms with van der Waals surface area (Å²) < 4.78 is 28.0. The van der Waals surface area contributed by atoms with Crippen molar-refractivity contribution in [2.45, 2.75) is 56.9 Å². The number of hydrogen-bond acceptors (Lipinski definition) is 3. The van der Waals surface area contributed by atoms with Gasteiger partial charge in [0, 0.05) is 5.54 Å². The van der Waals surface area contributed by atoms with Gasteiger partial charge in [0.05, 0.1) is 5.69 Å². The summed E-state index contributed by atoms with van der Waals surface area (Å²) in [4.78, 5) is 0.237. The van der Waals surface area contributed by atoms with Crippen molar-refractivity contribution in [1.29, 1.82) is 0 Å². The third-order valence-corrected chi connectivity index (χ3v) is 5.90. The second-order valence-electron chi connectivity index (χ2n) is 5.80. The molecule has 0 amide bonds. The zero-order valence-electron chi connectivity index (χ0n) is 11.8. The molecule has 5 heteroatoms. The van der Waals surface area contributed by atoms with Gasteiger partial charge in [-0.15, -0.1) is 0 Å². The van der Waals surface area contributed by atoms with E-state index in [1.165, 1.54) is 0 Å². The van der Waals surface area contributed by atoms with Gasteiger partial charge in [0.2, 0.25) is 10.0 Å². The minimum Gasteiger partial charge on any atom is -0.398 e. The molecule has 2 rings (SSSR count). The summed E-state index contributed by atoms with van der Waals surface area (Å²) >= 11 is 0. The first-order valence-electron chi connectivity index (χ1n) is 6.65. The molecule has 0 aromatic heterocycles. The Hall–Kier alpha value is -1.07. The molecule has 0 saturated heterocycles. The van der Waals surface area contributed by atoms with Crippen LogP contribution in [0.3, 0.4) is 0 Å². The Bertz CT molecular complexity index is 588. The monoisotopic (exact) mass is 282 g/mol. The standard InChI is InChI=1S/C14H22N2O2S/c1-10-6-7-12(15)13(11(10)2)19(17,18)16-14(3)8-4-5-9-14/h6-7,16H,4-5,8-9,15H2,1-3H3. The first kappa shape index (κ1) is 14.3. The molecule has 4 nitrogen and oxygen atoms in total. The Labute approximate surface area is 115 Å². The highest BCUT2D eigenvalue weighted by atomic mass is 32.2. The second-order valence-corrected chi connectivity index (χ2v) is 7.42. The number of hydrogen-bond donors (Lipinski definition) is 2. The molecule has 1 aliphatic carbocycles. The molecule has 0 aliphatic heterocycles. The SMILES string of the molecule is Cc1ccc(N)c(S(=O)(=O)NC2(C)CCCC2)c1C. The van der Waals surface area contributed by atoms with Crippen LogP contribution in [0.2, 0.25) is 0 Å². The van der Waals surface area contributed by atoms with Crippen molar-refractivity contribution in [1.82, 2.24) is 4.72 Å². The normalized spacial score (nSPS) is 18.7. The van der Waals surface area contributed by atoms with Gasteiger partial charge in [-0.3, -0.25) is 0 Å². The molecule has 1 fully saturated rings. The zero-order valence-corrected chi connectivity index (χ0v) is 12.6. The summed E-state index contributed by atoms with van der Waals surface area (Å²) in [5.74, 6) is 0. The van der Waals surface area contributed by atoms with Gasteiger partial charge in [0.15, 0.2) is 0 Å². The minimum absolute atomic E-state index is 0.237. The van der Waals surface area contributed by atoms with Gasteiger partial charge in [-0.05, 0) is 50.8 Å². The quantitative estimate of drug-likeness (QED) is 0.837. The van der Waals surface area contributed by atoms with E-state index in [1.54, 1.807) is 13.0 Å². The molecule has 19 heavy (non-hydrogen) atoms. The van der Waals surface area contributed by atoms with Crippen LogP contribution in [0.25, 0.3) is 0 Å². The van der Waals surface area contributed by atoms with Crippen molar-refractivity contribution < 1.29 is 8.42 Å². The fourth-order valence-corrected chi connectivity index (χ4v) is 4.70. The van der Waals surface area contributed by atoms with E-state index in [4.69, 9.17) is 5.73 Å². The number of nitrogen functional groups attached to an aromatic ring is 1. The van der Waals surface area contributed by atoms with Gasteiger partial charge < -0.3 is 5.73 Å². The summed E-state index contributed by atoms with van der Waals surface area (Å²) in [5.41, 5.74) is 7.53. The molecule has 0 radical (unpaired) electrons. The third kappa shape index (κ3) is 2.77. The van der Waals surface area contributed by atoms with Crippen LogP contribution in [0.4, 0.5) is 5.69 Å². The van der Waals surface area contributed by atoms with Crippen LogP contribution in [0.1, 0.15) is 43.7 Å². The number of sulfonamides is 1. The van der Waals surface area contributed by atoms with Crippen molar-refractivity contribution >= 4 is 15.7 Å². The second kappa shape index (κ2) is 4.80. The summed E-state index contributed by atoms with van der Waals surface area (Å²) in [6.45, 7) is 5.67. The molecule has 0 unspecified atom stereocenters. The average Bonchev–Trinajstić information content (AvgIpc) is 2.69. The predicted octanol–water partition coefficient (Wildman–Crippen LogP) is 2.50. The van der Waals surface area contributed by atoms with Crippen LogP contribution >= 0.6 is 0 Å². The van der Waals surface area contributed by atoms with Crippen LogP contribution in [0.15, 0.2) is 17.0 Å². The highest BCUT2D eigenvalue weighted by Gasteiger charge is 2.34. The maximum atomic E-state index is 12.6. The van der Waals surface area contributed by atoms with Crippen LogP contribution in [0.5, 0.6) is 0 Å². The summed E-state index contributed by atoms with van der Waals surface area (Å²) in [7, 11) is -3.56. The maximum absolute atomic E-state index is 12.6. The number of nitrogens with one attached hydrogen (secondary N) is 1. The van der Waals surface area contributed by atoms with Gasteiger partial charge in [-0.1, -0.05) is 18.9 Å². The molecular formula is C14H22N2O2S. The molecule has 3 N–H and O–H groups in total. The van der Waals surface area contributed by atoms with Gasteiger partial charge in [0.25, 0.3) is 0 Å². The van der Waals surface area contributed by atoms with E-state index in [0.717, 1.165) is 36.8 Å². The first-order chi connectivity index (χ1) is 8.75. The Morgan fingerprint density at radius 2 is 1.79 bits per heavy atom. The number of rotatable bonds is 3. The van der Waals surface area contributed by atoms with Crippen molar-refractivity contribution in [2.75, 3.05) is 5.73 Å². The number of aryl methyl sites for hydroxylation is 1. The maximum Gasteiger partial charge on any atom is 0.243 e. The smallest absolute Gasteiger partial charge is 0.243 e. The Balaban J connectivity index is 2.43. The van der Waals surface area contributed by atoms with E-state index >= 15 is 0 Å². The van der Waals surface area contributed by atoms with Crippen molar-refractivity contribution in [2.24, 2.45) is 0 Å². The average molecular weight is 282 g/mol. The molecule has 0 atom stereocenters. The lowest BCUT2D eigenvalue weighted by Gasteiger charge is -2.26. The van der Waals surface area contributed by atoms with Crippen LogP contribution in [-0.4, -0.2) is 14.0 Å². The van der Waals surface area contributed by atoms with E-state index in [-0.39, 0.29) is 10.4 Å². The molecule has 0 bridgehead atoms. The summed E-state index contributed by atoms with van der Waals surface area (Å²) in [5, 5.41) is 0. The third-order valence-electron chi connectivity index (χ3n) is 4.06. The van der Waals surface area contributed by atoms with Crippen molar-refractivity contribution in [3.8, 4) is 0 Å². The van der Waals surface area contributed by atoms with Crippen molar-refractivity contribution in [3.05, 3.63) is 23.3 Å². The molecule has 1 aromatic carbocycles. The van der Waals surface area contributed by atoms with Crippen LogP contribution < -0.4 is 10.5 Å². The number of nitrogens with two attached hydrogens (primary N) is 1. The molecule has 1 aliphatic rings.